The lowest BCUT2D eigenvalue weighted by Crippen LogP contribution is -2.09. The van der Waals surface area contributed by atoms with Gasteiger partial charge in [0.25, 0.3) is 0 Å². The summed E-state index contributed by atoms with van der Waals surface area (Å²) in [7, 11) is 0. The lowest BCUT2D eigenvalue weighted by Gasteiger charge is -2.12. The van der Waals surface area contributed by atoms with E-state index in [0.29, 0.717) is 5.92 Å². The van der Waals surface area contributed by atoms with Crippen LogP contribution in [0.1, 0.15) is 30.4 Å². The average molecular weight is 176 g/mol. The van der Waals surface area contributed by atoms with Crippen molar-refractivity contribution in [1.82, 2.24) is 10.3 Å². The molecule has 1 atom stereocenters. The fraction of sp³-hybridized carbons (Fsp3) is 0.545. The first-order valence-electron chi connectivity index (χ1n) is 5.05. The van der Waals surface area contributed by atoms with Crippen molar-refractivity contribution in [2.24, 2.45) is 0 Å². The van der Waals surface area contributed by atoms with Gasteiger partial charge in [-0.15, -0.1) is 0 Å². The number of rotatable bonds is 2. The van der Waals surface area contributed by atoms with Crippen molar-refractivity contribution >= 4 is 0 Å². The van der Waals surface area contributed by atoms with E-state index in [1.807, 2.05) is 12.4 Å². The number of hydrogen-bond acceptors (Lipinski definition) is 2. The van der Waals surface area contributed by atoms with E-state index in [4.69, 9.17) is 0 Å². The molecule has 0 aliphatic carbocycles. The summed E-state index contributed by atoms with van der Waals surface area (Å²) in [4.78, 5) is 4.21. The Morgan fingerprint density at radius 2 is 2.54 bits per heavy atom. The van der Waals surface area contributed by atoms with E-state index in [9.17, 15) is 0 Å². The summed E-state index contributed by atoms with van der Waals surface area (Å²) in [6, 6.07) is 2.15. The van der Waals surface area contributed by atoms with Crippen LogP contribution in [0.5, 0.6) is 0 Å². The summed E-state index contributed by atoms with van der Waals surface area (Å²) in [5.74, 6) is 0.698. The van der Waals surface area contributed by atoms with Crippen LogP contribution in [0.15, 0.2) is 18.5 Å². The van der Waals surface area contributed by atoms with Gasteiger partial charge in [0.2, 0.25) is 0 Å². The molecule has 1 saturated heterocycles. The summed E-state index contributed by atoms with van der Waals surface area (Å²) in [6.45, 7) is 4.49. The maximum atomic E-state index is 4.21. The van der Waals surface area contributed by atoms with Crippen LogP contribution in [0.4, 0.5) is 0 Å². The lowest BCUT2D eigenvalue weighted by atomic mass is 9.94. The molecule has 1 aliphatic rings. The molecule has 2 heteroatoms. The Kier molecular flexibility index (Phi) is 2.60. The van der Waals surface area contributed by atoms with Gasteiger partial charge in [-0.1, -0.05) is 6.92 Å². The van der Waals surface area contributed by atoms with Crippen LogP contribution >= 0.6 is 0 Å². The number of nitrogens with one attached hydrogen (secondary N) is 1. The summed E-state index contributed by atoms with van der Waals surface area (Å²) in [5, 5.41) is 3.39. The Labute approximate surface area is 79.4 Å². The van der Waals surface area contributed by atoms with Crippen molar-refractivity contribution in [2.75, 3.05) is 13.1 Å². The molecule has 13 heavy (non-hydrogen) atoms. The van der Waals surface area contributed by atoms with Crippen molar-refractivity contribution in [3.63, 3.8) is 0 Å². The van der Waals surface area contributed by atoms with Gasteiger partial charge in [0.1, 0.15) is 0 Å². The Morgan fingerprint density at radius 1 is 1.62 bits per heavy atom. The Bertz CT molecular complexity index is 277. The van der Waals surface area contributed by atoms with E-state index in [1.165, 1.54) is 17.5 Å². The maximum Gasteiger partial charge on any atom is 0.0305 e. The maximum absolute atomic E-state index is 4.21. The number of nitrogens with zero attached hydrogens (tertiary/aromatic N) is 1. The highest BCUT2D eigenvalue weighted by atomic mass is 14.9. The first kappa shape index (κ1) is 8.70. The van der Waals surface area contributed by atoms with Crippen LogP contribution in [0, 0.1) is 0 Å². The first-order valence-corrected chi connectivity index (χ1v) is 5.05. The average Bonchev–Trinajstić information content (AvgIpc) is 2.70. The zero-order valence-electron chi connectivity index (χ0n) is 8.09. The monoisotopic (exact) mass is 176 g/mol. The fourth-order valence-electron chi connectivity index (χ4n) is 2.05. The third-order valence-corrected chi connectivity index (χ3v) is 2.83. The number of aromatic nitrogens is 1. The van der Waals surface area contributed by atoms with Crippen LogP contribution in [0.25, 0.3) is 0 Å². The second-order valence-electron chi connectivity index (χ2n) is 3.62. The number of hydrogen-bond donors (Lipinski definition) is 1. The molecular weight excluding hydrogens is 160 g/mol. The Balaban J connectivity index is 2.26. The van der Waals surface area contributed by atoms with Crippen molar-refractivity contribution in [1.29, 1.82) is 0 Å². The SMILES string of the molecule is CCc1ccncc1C1CCNC1. The van der Waals surface area contributed by atoms with Crippen molar-refractivity contribution < 1.29 is 0 Å². The molecule has 1 unspecified atom stereocenters. The van der Waals surface area contributed by atoms with Gasteiger partial charge in [0.05, 0.1) is 0 Å². The normalized spacial score (nSPS) is 22.1. The van der Waals surface area contributed by atoms with Crippen LogP contribution in [-0.2, 0) is 6.42 Å². The first-order chi connectivity index (χ1) is 6.42. The molecule has 0 amide bonds. The topological polar surface area (TPSA) is 24.9 Å². The predicted octanol–water partition coefficient (Wildman–Crippen LogP) is 1.72. The van der Waals surface area contributed by atoms with Gasteiger partial charge in [-0.05, 0) is 42.5 Å². The number of pyridine rings is 1. The van der Waals surface area contributed by atoms with E-state index < -0.39 is 0 Å². The van der Waals surface area contributed by atoms with E-state index >= 15 is 0 Å². The molecule has 1 aliphatic heterocycles. The Morgan fingerprint density at radius 3 is 3.23 bits per heavy atom. The minimum Gasteiger partial charge on any atom is -0.316 e. The van der Waals surface area contributed by atoms with Crippen molar-refractivity contribution in [3.05, 3.63) is 29.6 Å². The number of aryl methyl sites for hydroxylation is 1. The van der Waals surface area contributed by atoms with Gasteiger partial charge in [0.15, 0.2) is 0 Å². The third kappa shape index (κ3) is 1.73. The minimum atomic E-state index is 0.698. The molecule has 1 fully saturated rings. The van der Waals surface area contributed by atoms with E-state index in [-0.39, 0.29) is 0 Å². The van der Waals surface area contributed by atoms with Crippen molar-refractivity contribution in [2.45, 2.75) is 25.7 Å². The highest BCUT2D eigenvalue weighted by molar-refractivity contribution is 5.28. The fourth-order valence-corrected chi connectivity index (χ4v) is 2.05. The lowest BCUT2D eigenvalue weighted by molar-refractivity contribution is 0.746. The van der Waals surface area contributed by atoms with Crippen LogP contribution in [0.2, 0.25) is 0 Å². The highest BCUT2D eigenvalue weighted by Gasteiger charge is 2.18. The molecular formula is C11H16N2. The Hall–Kier alpha value is -0.890. The largest absolute Gasteiger partial charge is 0.316 e. The highest BCUT2D eigenvalue weighted by Crippen LogP contribution is 2.24. The minimum absolute atomic E-state index is 0.698. The summed E-state index contributed by atoms with van der Waals surface area (Å²) in [6.07, 6.45) is 6.31. The molecule has 1 N–H and O–H groups in total. The van der Waals surface area contributed by atoms with Crippen LogP contribution < -0.4 is 5.32 Å². The van der Waals surface area contributed by atoms with Gasteiger partial charge in [-0.25, -0.2) is 0 Å². The smallest absolute Gasteiger partial charge is 0.0305 e. The van der Waals surface area contributed by atoms with E-state index in [2.05, 4.69) is 23.3 Å². The molecule has 70 valence electrons. The third-order valence-electron chi connectivity index (χ3n) is 2.83. The van der Waals surface area contributed by atoms with Gasteiger partial charge in [-0.2, -0.15) is 0 Å². The molecule has 1 aromatic heterocycles. The van der Waals surface area contributed by atoms with Gasteiger partial charge < -0.3 is 5.32 Å². The molecule has 0 spiro atoms. The molecule has 2 nitrogen and oxygen atoms in total. The zero-order valence-corrected chi connectivity index (χ0v) is 8.09. The van der Waals surface area contributed by atoms with Gasteiger partial charge >= 0.3 is 0 Å². The second-order valence-corrected chi connectivity index (χ2v) is 3.62. The quantitative estimate of drug-likeness (QED) is 0.742. The summed E-state index contributed by atoms with van der Waals surface area (Å²) in [5.41, 5.74) is 2.92. The van der Waals surface area contributed by atoms with Gasteiger partial charge in [0, 0.05) is 18.9 Å². The zero-order chi connectivity index (χ0) is 9.10. The standard InChI is InChI=1S/C11H16N2/c1-2-9-3-5-13-8-11(9)10-4-6-12-7-10/h3,5,8,10,12H,2,4,6-7H2,1H3. The van der Waals surface area contributed by atoms with Gasteiger partial charge in [-0.3, -0.25) is 4.98 Å². The summed E-state index contributed by atoms with van der Waals surface area (Å²) >= 11 is 0. The molecule has 2 rings (SSSR count). The van der Waals surface area contributed by atoms with Crippen molar-refractivity contribution in [3.8, 4) is 0 Å². The molecule has 0 aromatic carbocycles. The van der Waals surface area contributed by atoms with Crippen LogP contribution in [-0.4, -0.2) is 18.1 Å². The second kappa shape index (κ2) is 3.88. The molecule has 0 bridgehead atoms. The molecule has 0 radical (unpaired) electrons. The van der Waals surface area contributed by atoms with E-state index in [1.54, 1.807) is 0 Å². The molecule has 2 heterocycles. The van der Waals surface area contributed by atoms with Crippen LogP contribution in [0.3, 0.4) is 0 Å². The van der Waals surface area contributed by atoms with E-state index in [0.717, 1.165) is 19.5 Å². The summed E-state index contributed by atoms with van der Waals surface area (Å²) < 4.78 is 0. The molecule has 0 saturated carbocycles. The molecule has 1 aromatic rings. The predicted molar refractivity (Wildman–Crippen MR) is 53.8 cm³/mol.